The van der Waals surface area contributed by atoms with E-state index in [4.69, 9.17) is 0 Å². The van der Waals surface area contributed by atoms with Gasteiger partial charge in [0.25, 0.3) is 0 Å². The Morgan fingerprint density at radius 1 is 1.00 bits per heavy atom. The molecule has 1 saturated heterocycles. The van der Waals surface area contributed by atoms with Crippen LogP contribution in [0.3, 0.4) is 0 Å². The molecule has 7 heavy (non-hydrogen) atoms. The molecule has 1 fully saturated rings. The van der Waals surface area contributed by atoms with Crippen molar-refractivity contribution in [3.05, 3.63) is 6.67 Å². The van der Waals surface area contributed by atoms with E-state index in [1.807, 2.05) is 6.67 Å². The van der Waals surface area contributed by atoms with Crippen LogP contribution in [0.4, 0.5) is 0 Å². The van der Waals surface area contributed by atoms with Crippen LogP contribution in [0.15, 0.2) is 0 Å². The first-order valence-electron chi connectivity index (χ1n) is 2.78. The second-order valence-corrected chi connectivity index (χ2v) is 1.76. The van der Waals surface area contributed by atoms with E-state index in [2.05, 4.69) is 10.6 Å². The molecule has 0 bridgehead atoms. The van der Waals surface area contributed by atoms with Crippen molar-refractivity contribution in [3.63, 3.8) is 0 Å². The summed E-state index contributed by atoms with van der Waals surface area (Å²) in [4.78, 5) is 0. The van der Waals surface area contributed by atoms with Crippen LogP contribution in [0.2, 0.25) is 0 Å². The Hall–Kier alpha value is -0.0800. The van der Waals surface area contributed by atoms with Crippen LogP contribution in [-0.2, 0) is 0 Å². The summed E-state index contributed by atoms with van der Waals surface area (Å²) in [6.45, 7) is 4.19. The molecular weight excluding hydrogens is 88.1 g/mol. The van der Waals surface area contributed by atoms with Crippen molar-refractivity contribution in [2.45, 2.75) is 12.8 Å². The first-order chi connectivity index (χ1) is 3.50. The number of hydrogen-bond donors (Lipinski definition) is 2. The lowest BCUT2D eigenvalue weighted by molar-refractivity contribution is 0.742. The minimum Gasteiger partial charge on any atom is -0.299 e. The molecule has 0 aromatic heterocycles. The Labute approximate surface area is 44.3 Å². The molecule has 2 nitrogen and oxygen atoms in total. The average Bonchev–Trinajstić information content (AvgIpc) is 1.90. The van der Waals surface area contributed by atoms with Crippen molar-refractivity contribution >= 4 is 0 Å². The second-order valence-electron chi connectivity index (χ2n) is 1.76. The minimum atomic E-state index is 1.13. The summed E-state index contributed by atoms with van der Waals surface area (Å²) in [7, 11) is 0. The highest BCUT2D eigenvalue weighted by Crippen LogP contribution is 1.87. The van der Waals surface area contributed by atoms with Crippen LogP contribution in [0.25, 0.3) is 0 Å². The molecule has 0 aliphatic carbocycles. The normalized spacial score (nSPS) is 24.0. The summed E-state index contributed by atoms with van der Waals surface area (Å²) in [5.74, 6) is 0. The van der Waals surface area contributed by atoms with E-state index >= 15 is 0 Å². The fraction of sp³-hybridized carbons (Fsp3) is 0.800. The zero-order valence-electron chi connectivity index (χ0n) is 4.41. The summed E-state index contributed by atoms with van der Waals surface area (Å²) < 4.78 is 0. The van der Waals surface area contributed by atoms with Crippen molar-refractivity contribution in [1.82, 2.24) is 10.6 Å². The van der Waals surface area contributed by atoms with Crippen molar-refractivity contribution in [2.75, 3.05) is 13.1 Å². The van der Waals surface area contributed by atoms with Gasteiger partial charge >= 0.3 is 0 Å². The average molecular weight is 99.2 g/mol. The Morgan fingerprint density at radius 2 is 1.57 bits per heavy atom. The number of hydrogen-bond acceptors (Lipinski definition) is 2. The van der Waals surface area contributed by atoms with Crippen molar-refractivity contribution in [2.24, 2.45) is 0 Å². The first kappa shape index (κ1) is 5.06. The molecule has 2 N–H and O–H groups in total. The Balaban J connectivity index is 2.04. The maximum atomic E-state index is 3.11. The third-order valence-electron chi connectivity index (χ3n) is 1.10. The summed E-state index contributed by atoms with van der Waals surface area (Å²) in [6, 6.07) is 0. The van der Waals surface area contributed by atoms with Gasteiger partial charge in [0.15, 0.2) is 0 Å². The van der Waals surface area contributed by atoms with Crippen molar-refractivity contribution in [1.29, 1.82) is 0 Å². The SMILES string of the molecule is [CH]1NCCCCN1. The molecule has 1 heterocycles. The van der Waals surface area contributed by atoms with Gasteiger partial charge < -0.3 is 0 Å². The maximum Gasteiger partial charge on any atom is 0.0866 e. The molecule has 0 atom stereocenters. The highest BCUT2D eigenvalue weighted by atomic mass is 15.1. The third kappa shape index (κ3) is 1.90. The van der Waals surface area contributed by atoms with E-state index in [-0.39, 0.29) is 0 Å². The molecule has 2 heteroatoms. The largest absolute Gasteiger partial charge is 0.299 e. The standard InChI is InChI=1S/C5H11N2/c1-2-4-7-5-6-3-1/h5-7H,1-4H2. The fourth-order valence-corrected chi connectivity index (χ4v) is 0.671. The van der Waals surface area contributed by atoms with E-state index < -0.39 is 0 Å². The summed E-state index contributed by atoms with van der Waals surface area (Å²) in [6.07, 6.45) is 2.59. The molecule has 0 unspecified atom stereocenters. The minimum absolute atomic E-state index is 1.13. The molecule has 0 amide bonds. The van der Waals surface area contributed by atoms with Crippen LogP contribution < -0.4 is 10.6 Å². The van der Waals surface area contributed by atoms with E-state index in [0.29, 0.717) is 0 Å². The highest BCUT2D eigenvalue weighted by molar-refractivity contribution is 4.63. The Bertz CT molecular complexity index is 25.7. The monoisotopic (exact) mass is 99.1 g/mol. The molecule has 1 aliphatic heterocycles. The molecule has 0 aromatic rings. The van der Waals surface area contributed by atoms with Crippen LogP contribution >= 0.6 is 0 Å². The molecule has 0 saturated carbocycles. The highest BCUT2D eigenvalue weighted by Gasteiger charge is 1.93. The molecule has 0 spiro atoms. The van der Waals surface area contributed by atoms with Gasteiger partial charge in [-0.25, -0.2) is 0 Å². The number of nitrogens with one attached hydrogen (secondary N) is 2. The van der Waals surface area contributed by atoms with Gasteiger partial charge in [-0.1, -0.05) is 0 Å². The fourth-order valence-electron chi connectivity index (χ4n) is 0.671. The van der Waals surface area contributed by atoms with Gasteiger partial charge in [0.05, 0.1) is 6.67 Å². The van der Waals surface area contributed by atoms with E-state index in [0.717, 1.165) is 13.1 Å². The Morgan fingerprint density at radius 3 is 2.14 bits per heavy atom. The van der Waals surface area contributed by atoms with Gasteiger partial charge in [-0.2, -0.15) is 0 Å². The lowest BCUT2D eigenvalue weighted by Gasteiger charge is -1.93. The quantitative estimate of drug-likeness (QED) is 0.449. The summed E-state index contributed by atoms with van der Waals surface area (Å²) >= 11 is 0. The van der Waals surface area contributed by atoms with E-state index in [1.54, 1.807) is 0 Å². The predicted octanol–water partition coefficient (Wildman–Crippen LogP) is 0.0787. The van der Waals surface area contributed by atoms with Crippen molar-refractivity contribution < 1.29 is 0 Å². The van der Waals surface area contributed by atoms with Gasteiger partial charge in [-0.3, -0.25) is 10.6 Å². The molecule has 1 rings (SSSR count). The van der Waals surface area contributed by atoms with Gasteiger partial charge in [0.1, 0.15) is 0 Å². The molecule has 41 valence electrons. The van der Waals surface area contributed by atoms with Crippen molar-refractivity contribution in [3.8, 4) is 0 Å². The molecular formula is C5H11N2. The van der Waals surface area contributed by atoms with Gasteiger partial charge in [-0.15, -0.1) is 0 Å². The third-order valence-corrected chi connectivity index (χ3v) is 1.10. The van der Waals surface area contributed by atoms with Crippen LogP contribution in [0.1, 0.15) is 12.8 Å². The Kier molecular flexibility index (Phi) is 2.17. The van der Waals surface area contributed by atoms with E-state index in [9.17, 15) is 0 Å². The lowest BCUT2D eigenvalue weighted by atomic mass is 10.3. The molecule has 1 aliphatic rings. The van der Waals surface area contributed by atoms with Gasteiger partial charge in [0.2, 0.25) is 0 Å². The maximum absolute atomic E-state index is 3.11. The summed E-state index contributed by atoms with van der Waals surface area (Å²) in [5, 5.41) is 6.22. The smallest absolute Gasteiger partial charge is 0.0866 e. The first-order valence-corrected chi connectivity index (χ1v) is 2.78. The summed E-state index contributed by atoms with van der Waals surface area (Å²) in [5.41, 5.74) is 0. The predicted molar refractivity (Wildman–Crippen MR) is 29.5 cm³/mol. The molecule has 1 radical (unpaired) electrons. The van der Waals surface area contributed by atoms with Crippen LogP contribution in [0, 0.1) is 6.67 Å². The van der Waals surface area contributed by atoms with Gasteiger partial charge in [0, 0.05) is 0 Å². The van der Waals surface area contributed by atoms with E-state index in [1.165, 1.54) is 12.8 Å². The number of rotatable bonds is 0. The zero-order valence-corrected chi connectivity index (χ0v) is 4.41. The lowest BCUT2D eigenvalue weighted by Crippen LogP contribution is -2.19. The van der Waals surface area contributed by atoms with Gasteiger partial charge in [-0.05, 0) is 25.9 Å². The zero-order chi connectivity index (χ0) is 4.95. The second kappa shape index (κ2) is 2.99. The van der Waals surface area contributed by atoms with Crippen LogP contribution in [0.5, 0.6) is 0 Å². The molecule has 0 aromatic carbocycles. The van der Waals surface area contributed by atoms with Crippen LogP contribution in [-0.4, -0.2) is 13.1 Å². The topological polar surface area (TPSA) is 24.1 Å².